The Labute approximate surface area is 104 Å². The normalized spacial score (nSPS) is 21.1. The summed E-state index contributed by atoms with van der Waals surface area (Å²) in [6, 6.07) is 0.672. The van der Waals surface area contributed by atoms with Crippen LogP contribution < -0.4 is 5.32 Å². The highest BCUT2D eigenvalue weighted by atomic mass is 15.3. The Morgan fingerprint density at radius 3 is 2.94 bits per heavy atom. The number of hydrogen-bond acceptors (Lipinski definition) is 3. The summed E-state index contributed by atoms with van der Waals surface area (Å²) in [6.07, 6.45) is 6.15. The predicted molar refractivity (Wildman–Crippen MR) is 69.9 cm³/mol. The molecule has 2 heterocycles. The van der Waals surface area contributed by atoms with Crippen LogP contribution in [-0.4, -0.2) is 40.9 Å². The molecule has 1 unspecified atom stereocenters. The van der Waals surface area contributed by atoms with E-state index in [2.05, 4.69) is 35.5 Å². The van der Waals surface area contributed by atoms with E-state index in [9.17, 15) is 0 Å². The van der Waals surface area contributed by atoms with Gasteiger partial charge in [-0.1, -0.05) is 6.42 Å². The number of likely N-dealkylation sites (N-methyl/N-ethyl adjacent to an activating group) is 1. The third-order valence-corrected chi connectivity index (χ3v) is 3.50. The average molecular weight is 236 g/mol. The standard InChI is InChI=1S/C13H24N4/c1-11-12(9-17(3)15-11)8-16(2)10-13-6-4-5-7-14-13/h9,13-14H,4-8,10H2,1-3H3. The van der Waals surface area contributed by atoms with Crippen molar-refractivity contribution in [3.05, 3.63) is 17.5 Å². The Bertz CT molecular complexity index is 352. The van der Waals surface area contributed by atoms with Crippen LogP contribution in [0.4, 0.5) is 0 Å². The molecule has 0 aromatic carbocycles. The number of nitrogens with zero attached hydrogens (tertiary/aromatic N) is 3. The fourth-order valence-electron chi connectivity index (χ4n) is 2.62. The van der Waals surface area contributed by atoms with Gasteiger partial charge in [-0.05, 0) is 33.4 Å². The van der Waals surface area contributed by atoms with E-state index in [-0.39, 0.29) is 0 Å². The van der Waals surface area contributed by atoms with Gasteiger partial charge in [0.05, 0.1) is 5.69 Å². The van der Waals surface area contributed by atoms with Gasteiger partial charge in [-0.15, -0.1) is 0 Å². The maximum Gasteiger partial charge on any atom is 0.0638 e. The molecule has 2 rings (SSSR count). The minimum absolute atomic E-state index is 0.672. The molecule has 4 nitrogen and oxygen atoms in total. The van der Waals surface area contributed by atoms with Crippen LogP contribution >= 0.6 is 0 Å². The van der Waals surface area contributed by atoms with Crippen molar-refractivity contribution in [2.24, 2.45) is 7.05 Å². The van der Waals surface area contributed by atoms with E-state index in [0.29, 0.717) is 6.04 Å². The van der Waals surface area contributed by atoms with E-state index in [0.717, 1.165) is 18.8 Å². The molecule has 1 fully saturated rings. The Kier molecular flexibility index (Phi) is 4.18. The summed E-state index contributed by atoms with van der Waals surface area (Å²) in [5.41, 5.74) is 2.49. The monoisotopic (exact) mass is 236 g/mol. The van der Waals surface area contributed by atoms with Gasteiger partial charge >= 0.3 is 0 Å². The molecule has 1 aliphatic heterocycles. The van der Waals surface area contributed by atoms with Crippen molar-refractivity contribution >= 4 is 0 Å². The zero-order chi connectivity index (χ0) is 12.3. The minimum atomic E-state index is 0.672. The van der Waals surface area contributed by atoms with Gasteiger partial charge < -0.3 is 10.2 Å². The van der Waals surface area contributed by atoms with E-state index in [1.165, 1.54) is 31.4 Å². The van der Waals surface area contributed by atoms with Gasteiger partial charge in [0.15, 0.2) is 0 Å². The molecule has 1 aromatic rings. The average Bonchev–Trinajstić information content (AvgIpc) is 2.58. The molecular formula is C13H24N4. The molecule has 0 bridgehead atoms. The predicted octanol–water partition coefficient (Wildman–Crippen LogP) is 1.30. The SMILES string of the molecule is Cc1nn(C)cc1CN(C)CC1CCCCN1. The van der Waals surface area contributed by atoms with Gasteiger partial charge in [-0.25, -0.2) is 0 Å². The van der Waals surface area contributed by atoms with Gasteiger partial charge in [-0.3, -0.25) is 4.68 Å². The molecule has 4 heteroatoms. The molecular weight excluding hydrogens is 212 g/mol. The highest BCUT2D eigenvalue weighted by Gasteiger charge is 2.15. The third-order valence-electron chi connectivity index (χ3n) is 3.50. The second kappa shape index (κ2) is 5.65. The number of rotatable bonds is 4. The van der Waals surface area contributed by atoms with Gasteiger partial charge in [-0.2, -0.15) is 5.10 Å². The smallest absolute Gasteiger partial charge is 0.0638 e. The minimum Gasteiger partial charge on any atom is -0.313 e. The van der Waals surface area contributed by atoms with Crippen molar-refractivity contribution in [3.8, 4) is 0 Å². The first kappa shape index (κ1) is 12.6. The fraction of sp³-hybridized carbons (Fsp3) is 0.769. The lowest BCUT2D eigenvalue weighted by molar-refractivity contribution is 0.256. The first-order valence-corrected chi connectivity index (χ1v) is 6.56. The second-order valence-electron chi connectivity index (χ2n) is 5.26. The van der Waals surface area contributed by atoms with E-state index < -0.39 is 0 Å². The highest BCUT2D eigenvalue weighted by molar-refractivity contribution is 5.14. The second-order valence-corrected chi connectivity index (χ2v) is 5.26. The Hall–Kier alpha value is -0.870. The molecule has 1 N–H and O–H groups in total. The van der Waals surface area contributed by atoms with E-state index >= 15 is 0 Å². The van der Waals surface area contributed by atoms with Crippen molar-refractivity contribution in [1.29, 1.82) is 0 Å². The van der Waals surface area contributed by atoms with Crippen molar-refractivity contribution in [1.82, 2.24) is 20.0 Å². The summed E-state index contributed by atoms with van der Waals surface area (Å²) >= 11 is 0. The summed E-state index contributed by atoms with van der Waals surface area (Å²) < 4.78 is 1.90. The summed E-state index contributed by atoms with van der Waals surface area (Å²) in [7, 11) is 4.18. The molecule has 1 atom stereocenters. The van der Waals surface area contributed by atoms with Crippen LogP contribution in [0.25, 0.3) is 0 Å². The number of aryl methyl sites for hydroxylation is 2. The summed E-state index contributed by atoms with van der Waals surface area (Å²) in [5.74, 6) is 0. The van der Waals surface area contributed by atoms with Crippen LogP contribution in [0.2, 0.25) is 0 Å². The number of aromatic nitrogens is 2. The van der Waals surface area contributed by atoms with Gasteiger partial charge in [0.25, 0.3) is 0 Å². The van der Waals surface area contributed by atoms with Crippen LogP contribution in [0.5, 0.6) is 0 Å². The van der Waals surface area contributed by atoms with Gasteiger partial charge in [0.2, 0.25) is 0 Å². The molecule has 17 heavy (non-hydrogen) atoms. The molecule has 96 valence electrons. The van der Waals surface area contributed by atoms with Crippen molar-refractivity contribution < 1.29 is 0 Å². The summed E-state index contributed by atoms with van der Waals surface area (Å²) in [6.45, 7) is 5.40. The van der Waals surface area contributed by atoms with Crippen molar-refractivity contribution in [2.45, 2.75) is 38.8 Å². The zero-order valence-corrected chi connectivity index (χ0v) is 11.2. The van der Waals surface area contributed by atoms with E-state index in [1.54, 1.807) is 0 Å². The zero-order valence-electron chi connectivity index (χ0n) is 11.2. The van der Waals surface area contributed by atoms with Crippen molar-refractivity contribution in [2.75, 3.05) is 20.1 Å². The quantitative estimate of drug-likeness (QED) is 0.855. The molecule has 0 radical (unpaired) electrons. The molecule has 0 saturated carbocycles. The van der Waals surface area contributed by atoms with Gasteiger partial charge in [0, 0.05) is 37.9 Å². The topological polar surface area (TPSA) is 33.1 Å². The van der Waals surface area contributed by atoms with E-state index in [1.807, 2.05) is 11.7 Å². The van der Waals surface area contributed by atoms with Crippen LogP contribution in [0.3, 0.4) is 0 Å². The van der Waals surface area contributed by atoms with Gasteiger partial charge in [0.1, 0.15) is 0 Å². The lowest BCUT2D eigenvalue weighted by Gasteiger charge is -2.28. The number of hydrogen-bond donors (Lipinski definition) is 1. The molecule has 1 saturated heterocycles. The molecule has 0 spiro atoms. The lowest BCUT2D eigenvalue weighted by Crippen LogP contribution is -2.42. The molecule has 0 amide bonds. The lowest BCUT2D eigenvalue weighted by atomic mass is 10.0. The molecule has 1 aliphatic rings. The first-order chi connectivity index (χ1) is 8.15. The largest absolute Gasteiger partial charge is 0.313 e. The van der Waals surface area contributed by atoms with E-state index in [4.69, 9.17) is 0 Å². The van der Waals surface area contributed by atoms with Crippen LogP contribution in [-0.2, 0) is 13.6 Å². The Morgan fingerprint density at radius 1 is 1.53 bits per heavy atom. The van der Waals surface area contributed by atoms with Crippen LogP contribution in [0, 0.1) is 6.92 Å². The fourth-order valence-corrected chi connectivity index (χ4v) is 2.62. The van der Waals surface area contributed by atoms with Crippen LogP contribution in [0.1, 0.15) is 30.5 Å². The maximum absolute atomic E-state index is 4.39. The Balaban J connectivity index is 1.83. The Morgan fingerprint density at radius 2 is 2.35 bits per heavy atom. The van der Waals surface area contributed by atoms with Crippen LogP contribution in [0.15, 0.2) is 6.20 Å². The number of piperidine rings is 1. The summed E-state index contributed by atoms with van der Waals surface area (Å²) in [5, 5.41) is 7.98. The maximum atomic E-state index is 4.39. The number of nitrogens with one attached hydrogen (secondary N) is 1. The highest BCUT2D eigenvalue weighted by Crippen LogP contribution is 2.11. The first-order valence-electron chi connectivity index (χ1n) is 6.56. The third kappa shape index (κ3) is 3.54. The summed E-state index contributed by atoms with van der Waals surface area (Å²) in [4.78, 5) is 2.40. The van der Waals surface area contributed by atoms with Crippen molar-refractivity contribution in [3.63, 3.8) is 0 Å². The molecule has 0 aliphatic carbocycles. The molecule has 1 aromatic heterocycles.